The number of fused-ring (bicyclic) bond motifs is 2. The van der Waals surface area contributed by atoms with Gasteiger partial charge in [-0.15, -0.1) is 5.10 Å². The molecule has 8 nitrogen and oxygen atoms in total. The average molecular weight is 431 g/mol. The number of para-hydroxylation sites is 1. The van der Waals surface area contributed by atoms with E-state index in [0.717, 1.165) is 53.7 Å². The fourth-order valence-electron chi connectivity index (χ4n) is 4.91. The number of hydrogen-bond donors (Lipinski definition) is 2. The Bertz CT molecular complexity index is 1250. The first-order chi connectivity index (χ1) is 15.6. The third kappa shape index (κ3) is 3.30. The second-order valence-corrected chi connectivity index (χ2v) is 8.52. The Balaban J connectivity index is 1.60. The summed E-state index contributed by atoms with van der Waals surface area (Å²) in [5.74, 6) is 0.166. The van der Waals surface area contributed by atoms with Crippen molar-refractivity contribution in [2.75, 3.05) is 13.1 Å². The molecule has 4 heterocycles. The van der Waals surface area contributed by atoms with Gasteiger partial charge in [-0.3, -0.25) is 9.89 Å². The number of nitrogens with one attached hydrogen (secondary N) is 1. The number of ether oxygens (including phenoxy) is 1. The molecule has 1 fully saturated rings. The molecule has 0 saturated carbocycles. The van der Waals surface area contributed by atoms with E-state index in [9.17, 15) is 10.1 Å². The Labute approximate surface area is 186 Å². The number of aromatic nitrogens is 3. The van der Waals surface area contributed by atoms with Crippen LogP contribution < -0.4 is 10.5 Å². The standard InChI is InChI=1S/C24H26N6O2/c1-15-21-22(17(12-25)23(26)32-24(21)28-27-15)18-13-30(19-9-5-4-8-16(18)19)14-20(31)29-10-6-2-3-7-11-29/h4-5,8-9,13,22H,2-3,6-7,10-11,14,26H2,1H3,(H,27,28). The third-order valence-electron chi connectivity index (χ3n) is 6.52. The average Bonchev–Trinajstić information content (AvgIpc) is 3.20. The molecule has 1 saturated heterocycles. The minimum absolute atomic E-state index is 0.0639. The molecule has 0 aliphatic carbocycles. The lowest BCUT2D eigenvalue weighted by atomic mass is 9.84. The molecular formula is C24H26N6O2. The van der Waals surface area contributed by atoms with Gasteiger partial charge in [0.15, 0.2) is 0 Å². The van der Waals surface area contributed by atoms with Gasteiger partial charge in [-0.1, -0.05) is 31.0 Å². The van der Waals surface area contributed by atoms with Gasteiger partial charge in [0.25, 0.3) is 0 Å². The summed E-state index contributed by atoms with van der Waals surface area (Å²) in [5, 5.41) is 18.0. The maximum Gasteiger partial charge on any atom is 0.244 e. The number of rotatable bonds is 3. The molecule has 2 aliphatic heterocycles. The molecule has 3 aromatic rings. The maximum atomic E-state index is 13.1. The number of likely N-dealkylation sites (tertiary alicyclic amines) is 1. The smallest absolute Gasteiger partial charge is 0.244 e. The highest BCUT2D eigenvalue weighted by Crippen LogP contribution is 2.45. The molecule has 3 N–H and O–H groups in total. The van der Waals surface area contributed by atoms with Crippen LogP contribution in [0.1, 0.15) is 48.4 Å². The number of carbonyl (C=O) groups excluding carboxylic acids is 1. The number of amides is 1. The fraction of sp³-hybridized carbons (Fsp3) is 0.375. The number of nitrogens with two attached hydrogens (primary N) is 1. The van der Waals surface area contributed by atoms with Crippen LogP contribution in [0.3, 0.4) is 0 Å². The second kappa shape index (κ2) is 8.08. The van der Waals surface area contributed by atoms with Crippen molar-refractivity contribution in [2.24, 2.45) is 5.73 Å². The van der Waals surface area contributed by atoms with E-state index >= 15 is 0 Å². The quantitative estimate of drug-likeness (QED) is 0.662. The lowest BCUT2D eigenvalue weighted by molar-refractivity contribution is -0.131. The molecule has 0 spiro atoms. The van der Waals surface area contributed by atoms with Crippen LogP contribution in [0.5, 0.6) is 5.88 Å². The van der Waals surface area contributed by atoms with Crippen molar-refractivity contribution < 1.29 is 9.53 Å². The van der Waals surface area contributed by atoms with Gasteiger partial charge in [0.1, 0.15) is 18.2 Å². The topological polar surface area (TPSA) is 113 Å². The number of benzene rings is 1. The van der Waals surface area contributed by atoms with Gasteiger partial charge in [-0.2, -0.15) is 5.26 Å². The normalized spacial score (nSPS) is 18.8. The van der Waals surface area contributed by atoms with Crippen molar-refractivity contribution in [1.29, 1.82) is 5.26 Å². The van der Waals surface area contributed by atoms with E-state index in [4.69, 9.17) is 10.5 Å². The predicted molar refractivity (Wildman–Crippen MR) is 120 cm³/mol. The van der Waals surface area contributed by atoms with Gasteiger partial charge in [0.05, 0.1) is 5.92 Å². The molecule has 2 aliphatic rings. The van der Waals surface area contributed by atoms with E-state index in [1.807, 2.05) is 46.9 Å². The first kappa shape index (κ1) is 20.2. The number of H-pyrrole nitrogens is 1. The number of allylic oxidation sites excluding steroid dienone is 1. The van der Waals surface area contributed by atoms with Crippen molar-refractivity contribution in [3.8, 4) is 11.9 Å². The van der Waals surface area contributed by atoms with Gasteiger partial charge in [-0.25, -0.2) is 0 Å². The molecule has 164 valence electrons. The summed E-state index contributed by atoms with van der Waals surface area (Å²) in [5.41, 5.74) is 9.94. The number of nitrogens with zero attached hydrogens (tertiary/aromatic N) is 4. The molecule has 0 bridgehead atoms. The summed E-state index contributed by atoms with van der Waals surface area (Å²) in [6, 6.07) is 10.2. The summed E-state index contributed by atoms with van der Waals surface area (Å²) < 4.78 is 7.60. The zero-order valence-corrected chi connectivity index (χ0v) is 18.1. The van der Waals surface area contributed by atoms with Gasteiger partial charge < -0.3 is 19.9 Å². The molecule has 0 radical (unpaired) electrons. The monoisotopic (exact) mass is 430 g/mol. The highest BCUT2D eigenvalue weighted by atomic mass is 16.5. The number of nitriles is 1. The minimum Gasteiger partial charge on any atom is -0.420 e. The molecule has 1 aromatic carbocycles. The summed E-state index contributed by atoms with van der Waals surface area (Å²) in [4.78, 5) is 15.1. The van der Waals surface area contributed by atoms with Crippen molar-refractivity contribution >= 4 is 16.8 Å². The van der Waals surface area contributed by atoms with E-state index in [1.165, 1.54) is 12.8 Å². The highest BCUT2D eigenvalue weighted by Gasteiger charge is 2.36. The first-order valence-electron chi connectivity index (χ1n) is 11.1. The van der Waals surface area contributed by atoms with Crippen molar-refractivity contribution in [3.63, 3.8) is 0 Å². The Morgan fingerprint density at radius 3 is 2.78 bits per heavy atom. The van der Waals surface area contributed by atoms with E-state index in [0.29, 0.717) is 11.5 Å². The molecule has 5 rings (SSSR count). The largest absolute Gasteiger partial charge is 0.420 e. The molecule has 2 aromatic heterocycles. The van der Waals surface area contributed by atoms with E-state index < -0.39 is 5.92 Å². The van der Waals surface area contributed by atoms with Crippen LogP contribution in [0.2, 0.25) is 0 Å². The fourth-order valence-corrected chi connectivity index (χ4v) is 4.91. The van der Waals surface area contributed by atoms with E-state index in [2.05, 4.69) is 16.3 Å². The molecular weight excluding hydrogens is 404 g/mol. The Hall–Kier alpha value is -3.73. The Morgan fingerprint density at radius 2 is 2.03 bits per heavy atom. The zero-order valence-electron chi connectivity index (χ0n) is 18.1. The number of hydrogen-bond acceptors (Lipinski definition) is 5. The van der Waals surface area contributed by atoms with Crippen LogP contribution in [0.15, 0.2) is 41.9 Å². The van der Waals surface area contributed by atoms with Crippen LogP contribution in [0, 0.1) is 18.3 Å². The van der Waals surface area contributed by atoms with Crippen LogP contribution >= 0.6 is 0 Å². The summed E-state index contributed by atoms with van der Waals surface area (Å²) in [6.45, 7) is 3.81. The SMILES string of the molecule is Cc1[nH]nc2c1C(c1cn(CC(=O)N3CCCCCC3)c3ccccc13)C(C#N)=C(N)O2. The molecule has 8 heteroatoms. The lowest BCUT2D eigenvalue weighted by Gasteiger charge is -2.23. The minimum atomic E-state index is -0.415. The Morgan fingerprint density at radius 1 is 1.28 bits per heavy atom. The van der Waals surface area contributed by atoms with Crippen LogP contribution in [0.25, 0.3) is 10.9 Å². The van der Waals surface area contributed by atoms with Crippen LogP contribution in [0.4, 0.5) is 0 Å². The van der Waals surface area contributed by atoms with Gasteiger partial charge >= 0.3 is 0 Å². The summed E-state index contributed by atoms with van der Waals surface area (Å²) >= 11 is 0. The molecule has 1 atom stereocenters. The molecule has 32 heavy (non-hydrogen) atoms. The van der Waals surface area contributed by atoms with Crippen molar-refractivity contribution in [3.05, 3.63) is 58.7 Å². The summed E-state index contributed by atoms with van der Waals surface area (Å²) in [7, 11) is 0. The summed E-state index contributed by atoms with van der Waals surface area (Å²) in [6.07, 6.45) is 6.47. The second-order valence-electron chi connectivity index (χ2n) is 8.52. The maximum absolute atomic E-state index is 13.1. The first-order valence-corrected chi connectivity index (χ1v) is 11.1. The number of aryl methyl sites for hydroxylation is 1. The van der Waals surface area contributed by atoms with E-state index in [1.54, 1.807) is 0 Å². The van der Waals surface area contributed by atoms with Gasteiger partial charge in [-0.05, 0) is 31.4 Å². The van der Waals surface area contributed by atoms with Gasteiger partial charge in [0.2, 0.25) is 17.7 Å². The zero-order chi connectivity index (χ0) is 22.2. The van der Waals surface area contributed by atoms with Crippen LogP contribution in [-0.2, 0) is 11.3 Å². The lowest BCUT2D eigenvalue weighted by Crippen LogP contribution is -2.34. The van der Waals surface area contributed by atoms with Crippen molar-refractivity contribution in [2.45, 2.75) is 45.1 Å². The van der Waals surface area contributed by atoms with Gasteiger partial charge in [0, 0.05) is 41.4 Å². The molecule has 1 unspecified atom stereocenters. The number of carbonyl (C=O) groups is 1. The number of aromatic amines is 1. The highest BCUT2D eigenvalue weighted by molar-refractivity contribution is 5.88. The van der Waals surface area contributed by atoms with Crippen molar-refractivity contribution in [1.82, 2.24) is 19.7 Å². The third-order valence-corrected chi connectivity index (χ3v) is 6.52. The van der Waals surface area contributed by atoms with Crippen LogP contribution in [-0.4, -0.2) is 38.7 Å². The molecule has 1 amide bonds. The Kier molecular flexibility index (Phi) is 5.10. The predicted octanol–water partition coefficient (Wildman–Crippen LogP) is 3.29. The van der Waals surface area contributed by atoms with E-state index in [-0.39, 0.29) is 18.3 Å².